The maximum Gasteiger partial charge on any atom is 0.315 e. The van der Waals surface area contributed by atoms with Crippen molar-refractivity contribution in [1.29, 1.82) is 0 Å². The fourth-order valence-corrected chi connectivity index (χ4v) is 2.40. The molecule has 1 aliphatic rings. The molecule has 1 unspecified atom stereocenters. The molecule has 0 bridgehead atoms. The Labute approximate surface area is 115 Å². The number of hydrogen-bond donors (Lipinski definition) is 2. The number of carbonyl (C=O) groups is 1. The maximum absolute atomic E-state index is 11.9. The van der Waals surface area contributed by atoms with Crippen LogP contribution in [0, 0.1) is 0 Å². The van der Waals surface area contributed by atoms with Crippen molar-refractivity contribution in [3.05, 3.63) is 35.9 Å². The number of piperidine rings is 1. The largest absolute Gasteiger partial charge is 0.335 e. The summed E-state index contributed by atoms with van der Waals surface area (Å²) in [5, 5.41) is 6.05. The molecule has 1 fully saturated rings. The number of urea groups is 1. The first kappa shape index (κ1) is 13.9. The average molecular weight is 261 g/mol. The normalized spacial score (nSPS) is 18.8. The number of hydrogen-bond acceptors (Lipinski definition) is 2. The zero-order valence-corrected chi connectivity index (χ0v) is 11.7. The van der Waals surface area contributed by atoms with Crippen LogP contribution in [0.5, 0.6) is 0 Å². The van der Waals surface area contributed by atoms with Crippen LogP contribution in [0.15, 0.2) is 30.3 Å². The summed E-state index contributed by atoms with van der Waals surface area (Å²) in [6.45, 7) is 4.11. The minimum Gasteiger partial charge on any atom is -0.335 e. The van der Waals surface area contributed by atoms with Crippen LogP contribution in [0.3, 0.4) is 0 Å². The number of carbonyl (C=O) groups excluding carboxylic acids is 1. The quantitative estimate of drug-likeness (QED) is 0.875. The molecule has 0 saturated carbocycles. The van der Waals surface area contributed by atoms with E-state index in [1.807, 2.05) is 37.3 Å². The summed E-state index contributed by atoms with van der Waals surface area (Å²) in [5.74, 6) is 0. The molecule has 1 aliphatic heterocycles. The van der Waals surface area contributed by atoms with E-state index >= 15 is 0 Å². The number of likely N-dealkylation sites (tertiary alicyclic amines) is 1. The molecule has 1 atom stereocenters. The van der Waals surface area contributed by atoms with Gasteiger partial charge < -0.3 is 15.5 Å². The standard InChI is InChI=1S/C15H23N3O/c1-12(13-6-4-3-5-7-13)16-15(19)17-14-8-10-18(2)11-9-14/h3-7,12,14H,8-11H2,1-2H3,(H2,16,17,19). The fraction of sp³-hybridized carbons (Fsp3) is 0.533. The van der Waals surface area contributed by atoms with Gasteiger partial charge in [0.2, 0.25) is 0 Å². The molecule has 0 radical (unpaired) electrons. The Bertz CT molecular complexity index is 399. The molecule has 2 rings (SSSR count). The van der Waals surface area contributed by atoms with E-state index in [9.17, 15) is 4.79 Å². The van der Waals surface area contributed by atoms with Gasteiger partial charge in [0.05, 0.1) is 6.04 Å². The van der Waals surface area contributed by atoms with Crippen LogP contribution in [0.2, 0.25) is 0 Å². The first-order valence-electron chi connectivity index (χ1n) is 6.95. The Hall–Kier alpha value is -1.55. The second-order valence-corrected chi connectivity index (χ2v) is 5.33. The Morgan fingerprint density at radius 1 is 1.26 bits per heavy atom. The molecule has 0 spiro atoms. The highest BCUT2D eigenvalue weighted by Gasteiger charge is 2.19. The molecule has 1 aromatic rings. The lowest BCUT2D eigenvalue weighted by atomic mass is 10.1. The van der Waals surface area contributed by atoms with Crippen LogP contribution in [-0.4, -0.2) is 37.1 Å². The molecule has 104 valence electrons. The van der Waals surface area contributed by atoms with Crippen LogP contribution in [-0.2, 0) is 0 Å². The molecular weight excluding hydrogens is 238 g/mol. The third kappa shape index (κ3) is 4.24. The second kappa shape index (κ2) is 6.57. The first-order chi connectivity index (χ1) is 9.15. The monoisotopic (exact) mass is 261 g/mol. The van der Waals surface area contributed by atoms with Crippen molar-refractivity contribution in [2.24, 2.45) is 0 Å². The first-order valence-corrected chi connectivity index (χ1v) is 6.95. The molecular formula is C15H23N3O. The van der Waals surface area contributed by atoms with E-state index in [1.165, 1.54) is 0 Å². The summed E-state index contributed by atoms with van der Waals surface area (Å²) in [6, 6.07) is 10.3. The molecule has 1 heterocycles. The lowest BCUT2D eigenvalue weighted by Crippen LogP contribution is -2.47. The molecule has 19 heavy (non-hydrogen) atoms. The lowest BCUT2D eigenvalue weighted by Gasteiger charge is -2.29. The highest BCUT2D eigenvalue weighted by molar-refractivity contribution is 5.74. The maximum atomic E-state index is 11.9. The minimum absolute atomic E-state index is 0.0347. The molecule has 2 N–H and O–H groups in total. The van der Waals surface area contributed by atoms with Gasteiger partial charge in [0.15, 0.2) is 0 Å². The van der Waals surface area contributed by atoms with Gasteiger partial charge in [-0.2, -0.15) is 0 Å². The molecule has 2 amide bonds. The zero-order valence-electron chi connectivity index (χ0n) is 11.7. The Kier molecular flexibility index (Phi) is 4.80. The van der Waals surface area contributed by atoms with E-state index < -0.39 is 0 Å². The van der Waals surface area contributed by atoms with E-state index in [-0.39, 0.29) is 12.1 Å². The molecule has 4 nitrogen and oxygen atoms in total. The predicted molar refractivity (Wildman–Crippen MR) is 77.0 cm³/mol. The van der Waals surface area contributed by atoms with Crippen molar-refractivity contribution in [3.63, 3.8) is 0 Å². The van der Waals surface area contributed by atoms with Gasteiger partial charge in [-0.3, -0.25) is 0 Å². The third-order valence-corrected chi connectivity index (χ3v) is 3.70. The van der Waals surface area contributed by atoms with Crippen LogP contribution >= 0.6 is 0 Å². The van der Waals surface area contributed by atoms with Crippen molar-refractivity contribution in [2.45, 2.75) is 31.8 Å². The van der Waals surface area contributed by atoms with E-state index in [4.69, 9.17) is 0 Å². The van der Waals surface area contributed by atoms with Gasteiger partial charge in [0, 0.05) is 6.04 Å². The Morgan fingerprint density at radius 2 is 1.89 bits per heavy atom. The summed E-state index contributed by atoms with van der Waals surface area (Å²) < 4.78 is 0. The molecule has 1 aromatic carbocycles. The summed E-state index contributed by atoms with van der Waals surface area (Å²) in [7, 11) is 2.12. The van der Waals surface area contributed by atoms with Gasteiger partial charge in [0.25, 0.3) is 0 Å². The topological polar surface area (TPSA) is 44.4 Å². The third-order valence-electron chi connectivity index (χ3n) is 3.70. The number of rotatable bonds is 3. The minimum atomic E-state index is -0.0640. The van der Waals surface area contributed by atoms with Crippen molar-refractivity contribution < 1.29 is 4.79 Å². The SMILES string of the molecule is CC(NC(=O)NC1CCN(C)CC1)c1ccccc1. The van der Waals surface area contributed by atoms with Crippen LogP contribution in [0.1, 0.15) is 31.4 Å². The van der Waals surface area contributed by atoms with E-state index in [1.54, 1.807) is 0 Å². The van der Waals surface area contributed by atoms with E-state index in [0.29, 0.717) is 6.04 Å². The van der Waals surface area contributed by atoms with Crippen molar-refractivity contribution in [1.82, 2.24) is 15.5 Å². The van der Waals surface area contributed by atoms with Gasteiger partial charge in [-0.1, -0.05) is 30.3 Å². The van der Waals surface area contributed by atoms with Crippen molar-refractivity contribution in [2.75, 3.05) is 20.1 Å². The summed E-state index contributed by atoms with van der Waals surface area (Å²) in [5.41, 5.74) is 1.13. The summed E-state index contributed by atoms with van der Waals surface area (Å²) in [6.07, 6.45) is 2.06. The van der Waals surface area contributed by atoms with E-state index in [0.717, 1.165) is 31.5 Å². The number of nitrogens with one attached hydrogen (secondary N) is 2. The number of nitrogens with zero attached hydrogens (tertiary/aromatic N) is 1. The lowest BCUT2D eigenvalue weighted by molar-refractivity contribution is 0.212. The smallest absolute Gasteiger partial charge is 0.315 e. The molecule has 4 heteroatoms. The average Bonchev–Trinajstić information content (AvgIpc) is 2.42. The molecule has 0 aromatic heterocycles. The zero-order chi connectivity index (χ0) is 13.7. The van der Waals surface area contributed by atoms with Gasteiger partial charge in [-0.05, 0) is 45.5 Å². The summed E-state index contributed by atoms with van der Waals surface area (Å²) in [4.78, 5) is 14.2. The number of amides is 2. The van der Waals surface area contributed by atoms with Gasteiger partial charge in [-0.25, -0.2) is 4.79 Å². The Balaban J connectivity index is 1.78. The van der Waals surface area contributed by atoms with Crippen LogP contribution in [0.25, 0.3) is 0 Å². The highest BCUT2D eigenvalue weighted by Crippen LogP contribution is 2.12. The predicted octanol–water partition coefficient (Wildman–Crippen LogP) is 2.14. The Morgan fingerprint density at radius 3 is 2.53 bits per heavy atom. The van der Waals surface area contributed by atoms with Gasteiger partial charge in [0.1, 0.15) is 0 Å². The van der Waals surface area contributed by atoms with Gasteiger partial charge in [-0.15, -0.1) is 0 Å². The van der Waals surface area contributed by atoms with E-state index in [2.05, 4.69) is 22.6 Å². The van der Waals surface area contributed by atoms with Crippen molar-refractivity contribution >= 4 is 6.03 Å². The highest BCUT2D eigenvalue weighted by atomic mass is 16.2. The number of benzene rings is 1. The van der Waals surface area contributed by atoms with Gasteiger partial charge >= 0.3 is 6.03 Å². The molecule has 0 aliphatic carbocycles. The summed E-state index contributed by atoms with van der Waals surface area (Å²) >= 11 is 0. The fourth-order valence-electron chi connectivity index (χ4n) is 2.40. The second-order valence-electron chi connectivity index (χ2n) is 5.33. The van der Waals surface area contributed by atoms with Crippen molar-refractivity contribution in [3.8, 4) is 0 Å². The van der Waals surface area contributed by atoms with Crippen LogP contribution < -0.4 is 10.6 Å². The van der Waals surface area contributed by atoms with Crippen LogP contribution in [0.4, 0.5) is 4.79 Å². The molecule has 1 saturated heterocycles.